The summed E-state index contributed by atoms with van der Waals surface area (Å²) in [5, 5.41) is 0. The molecule has 0 saturated heterocycles. The third-order valence-electron chi connectivity index (χ3n) is 11.5. The van der Waals surface area contributed by atoms with E-state index in [2.05, 4.69) is 27.7 Å². The Balaban J connectivity index is 2.11. The van der Waals surface area contributed by atoms with Crippen LogP contribution in [0.5, 0.6) is 0 Å². The third kappa shape index (κ3) is 9.37. The molecule has 272 valence electrons. The van der Waals surface area contributed by atoms with E-state index in [-0.39, 0.29) is 61.5 Å². The molecule has 3 aliphatic rings. The zero-order valence-corrected chi connectivity index (χ0v) is 30.5. The lowest BCUT2D eigenvalue weighted by atomic mass is 9.50. The second-order valence-corrected chi connectivity index (χ2v) is 15.3. The standard InChI is InChI=1S/C37H58O11/c1-21(2)11-10-12-22(3)29-13-14-30(36(29,9)15-16-44-23(4)38)28-17-32(46-25(6)40)31-18-33(47-26(7)41)34(48-27(8)42)19-37(31,35(28)43)20-45-24(5)39/h21-22,28-34H,10-20H2,1-9H3/t22-,28+,29-,30+,31+,32-,33+,34+,36-,37-/m1/s1. The highest BCUT2D eigenvalue weighted by Gasteiger charge is 2.65. The van der Waals surface area contributed by atoms with Crippen molar-refractivity contribution in [3.63, 3.8) is 0 Å². The van der Waals surface area contributed by atoms with Crippen LogP contribution in [-0.4, -0.2) is 67.2 Å². The maximum absolute atomic E-state index is 15.2. The van der Waals surface area contributed by atoms with Crippen molar-refractivity contribution in [2.24, 2.45) is 46.3 Å². The molecule has 3 aliphatic carbocycles. The highest BCUT2D eigenvalue weighted by molar-refractivity contribution is 5.90. The molecule has 3 fully saturated rings. The first-order valence-corrected chi connectivity index (χ1v) is 17.7. The van der Waals surface area contributed by atoms with Crippen molar-refractivity contribution in [2.75, 3.05) is 13.2 Å². The molecule has 0 spiro atoms. The van der Waals surface area contributed by atoms with Gasteiger partial charge in [0.2, 0.25) is 0 Å². The van der Waals surface area contributed by atoms with Crippen LogP contribution in [0.15, 0.2) is 0 Å². The number of ketones is 1. The molecule has 48 heavy (non-hydrogen) atoms. The molecule has 0 heterocycles. The number of esters is 5. The minimum Gasteiger partial charge on any atom is -0.466 e. The highest BCUT2D eigenvalue weighted by atomic mass is 16.6. The van der Waals surface area contributed by atoms with Crippen LogP contribution < -0.4 is 0 Å². The summed E-state index contributed by atoms with van der Waals surface area (Å²) in [5.74, 6) is -2.85. The maximum atomic E-state index is 15.2. The molecule has 10 atom stereocenters. The fourth-order valence-corrected chi connectivity index (χ4v) is 9.50. The van der Waals surface area contributed by atoms with E-state index in [1.807, 2.05) is 0 Å². The molecule has 3 saturated carbocycles. The molecular weight excluding hydrogens is 620 g/mol. The fraction of sp³-hybridized carbons (Fsp3) is 0.838. The highest BCUT2D eigenvalue weighted by Crippen LogP contribution is 2.61. The molecule has 11 heteroatoms. The maximum Gasteiger partial charge on any atom is 0.303 e. The number of rotatable bonds is 14. The van der Waals surface area contributed by atoms with Gasteiger partial charge >= 0.3 is 29.8 Å². The smallest absolute Gasteiger partial charge is 0.303 e. The van der Waals surface area contributed by atoms with Crippen molar-refractivity contribution in [1.82, 2.24) is 0 Å². The lowest BCUT2D eigenvalue weighted by molar-refractivity contribution is -0.208. The Labute approximate surface area is 285 Å². The molecule has 0 aromatic heterocycles. The number of ether oxygens (including phenoxy) is 5. The zero-order chi connectivity index (χ0) is 36.0. The van der Waals surface area contributed by atoms with Gasteiger partial charge in [0.05, 0.1) is 12.0 Å². The van der Waals surface area contributed by atoms with Crippen molar-refractivity contribution in [1.29, 1.82) is 0 Å². The SMILES string of the molecule is CC(=O)OCC[C@]1(C)[C@@H]([C@H](C)CCCC(C)C)CC[C@H]1[C@@H]1C[C@@H](OC(C)=O)[C@@H]2C[C@H](OC(C)=O)[C@@H](OC(C)=O)C[C@]2(COC(C)=O)C1=O. The number of hydrogen-bond acceptors (Lipinski definition) is 11. The second-order valence-electron chi connectivity index (χ2n) is 15.3. The number of carbonyl (C=O) groups is 6. The summed E-state index contributed by atoms with van der Waals surface area (Å²) in [5.41, 5.74) is -1.74. The lowest BCUT2D eigenvalue weighted by Crippen LogP contribution is -2.64. The molecule has 0 aliphatic heterocycles. The van der Waals surface area contributed by atoms with Crippen molar-refractivity contribution >= 4 is 35.6 Å². The van der Waals surface area contributed by atoms with Crippen LogP contribution >= 0.6 is 0 Å². The normalized spacial score (nSPS) is 33.7. The minimum atomic E-state index is -1.36. The number of Topliss-reactive ketones (excluding diaryl/α,β-unsaturated/α-hetero) is 1. The van der Waals surface area contributed by atoms with Crippen LogP contribution in [0.1, 0.15) is 120 Å². The summed E-state index contributed by atoms with van der Waals surface area (Å²) in [6, 6.07) is 0. The molecular formula is C37H58O11. The van der Waals surface area contributed by atoms with Gasteiger partial charge in [0.25, 0.3) is 0 Å². The van der Waals surface area contributed by atoms with E-state index in [4.69, 9.17) is 23.7 Å². The Morgan fingerprint density at radius 2 is 1.31 bits per heavy atom. The Kier molecular flexibility index (Phi) is 13.7. The molecule has 0 radical (unpaired) electrons. The summed E-state index contributed by atoms with van der Waals surface area (Å²) in [4.78, 5) is 76.2. The first kappa shape index (κ1) is 39.5. The molecule has 0 unspecified atom stereocenters. The van der Waals surface area contributed by atoms with E-state index in [0.29, 0.717) is 18.3 Å². The molecule has 0 N–H and O–H groups in total. The Morgan fingerprint density at radius 3 is 1.88 bits per heavy atom. The first-order chi connectivity index (χ1) is 22.4. The lowest BCUT2D eigenvalue weighted by Gasteiger charge is -2.55. The molecule has 0 aromatic rings. The van der Waals surface area contributed by atoms with Gasteiger partial charge in [-0.3, -0.25) is 28.8 Å². The molecule has 11 nitrogen and oxygen atoms in total. The van der Waals surface area contributed by atoms with Gasteiger partial charge < -0.3 is 23.7 Å². The van der Waals surface area contributed by atoms with Crippen LogP contribution in [0.2, 0.25) is 0 Å². The van der Waals surface area contributed by atoms with E-state index < -0.39 is 59.4 Å². The monoisotopic (exact) mass is 678 g/mol. The van der Waals surface area contributed by atoms with Gasteiger partial charge in [0.1, 0.15) is 30.7 Å². The summed E-state index contributed by atoms with van der Waals surface area (Å²) in [7, 11) is 0. The van der Waals surface area contributed by atoms with Crippen LogP contribution in [0.25, 0.3) is 0 Å². The fourth-order valence-electron chi connectivity index (χ4n) is 9.50. The summed E-state index contributed by atoms with van der Waals surface area (Å²) < 4.78 is 28.3. The number of carbonyl (C=O) groups excluding carboxylic acids is 6. The van der Waals surface area contributed by atoms with Crippen molar-refractivity contribution in [3.8, 4) is 0 Å². The second kappa shape index (κ2) is 16.6. The summed E-state index contributed by atoms with van der Waals surface area (Å²) >= 11 is 0. The van der Waals surface area contributed by atoms with Gasteiger partial charge in [-0.15, -0.1) is 0 Å². The van der Waals surface area contributed by atoms with E-state index in [1.165, 1.54) is 34.6 Å². The van der Waals surface area contributed by atoms with Crippen molar-refractivity contribution < 1.29 is 52.5 Å². The van der Waals surface area contributed by atoms with Gasteiger partial charge in [0, 0.05) is 52.9 Å². The Bertz CT molecular complexity index is 1200. The van der Waals surface area contributed by atoms with Crippen molar-refractivity contribution in [3.05, 3.63) is 0 Å². The van der Waals surface area contributed by atoms with Gasteiger partial charge in [-0.2, -0.15) is 0 Å². The molecule has 0 bridgehead atoms. The van der Waals surface area contributed by atoms with E-state index >= 15 is 4.79 Å². The van der Waals surface area contributed by atoms with Gasteiger partial charge in [0.15, 0.2) is 0 Å². The zero-order valence-electron chi connectivity index (χ0n) is 30.5. The van der Waals surface area contributed by atoms with E-state index in [0.717, 1.165) is 32.1 Å². The minimum absolute atomic E-state index is 0.0541. The molecule has 3 rings (SSSR count). The van der Waals surface area contributed by atoms with Gasteiger partial charge in [-0.25, -0.2) is 0 Å². The Morgan fingerprint density at radius 1 is 0.729 bits per heavy atom. The van der Waals surface area contributed by atoms with Gasteiger partial charge in [-0.1, -0.05) is 47.0 Å². The number of fused-ring (bicyclic) bond motifs is 1. The first-order valence-electron chi connectivity index (χ1n) is 17.7. The van der Waals surface area contributed by atoms with Gasteiger partial charge in [-0.05, 0) is 61.2 Å². The Hall–Kier alpha value is -2.98. The number of hydrogen-bond donors (Lipinski definition) is 0. The van der Waals surface area contributed by atoms with Crippen LogP contribution in [-0.2, 0) is 52.5 Å². The van der Waals surface area contributed by atoms with E-state index in [1.54, 1.807) is 0 Å². The summed E-state index contributed by atoms with van der Waals surface area (Å²) in [6.45, 7) is 15.4. The average Bonchev–Trinajstić information content (AvgIpc) is 3.29. The van der Waals surface area contributed by atoms with Crippen molar-refractivity contribution in [2.45, 2.75) is 138 Å². The molecule has 0 amide bonds. The predicted molar refractivity (Wildman–Crippen MR) is 175 cm³/mol. The van der Waals surface area contributed by atoms with Crippen LogP contribution in [0, 0.1) is 46.3 Å². The largest absolute Gasteiger partial charge is 0.466 e. The molecule has 0 aromatic carbocycles. The predicted octanol–water partition coefficient (Wildman–Crippen LogP) is 5.78. The average molecular weight is 679 g/mol. The van der Waals surface area contributed by atoms with E-state index in [9.17, 15) is 24.0 Å². The topological polar surface area (TPSA) is 149 Å². The summed E-state index contributed by atoms with van der Waals surface area (Å²) in [6.07, 6.45) is 3.23. The van der Waals surface area contributed by atoms with Crippen LogP contribution in [0.3, 0.4) is 0 Å². The quantitative estimate of drug-likeness (QED) is 0.163. The van der Waals surface area contributed by atoms with Crippen LogP contribution in [0.4, 0.5) is 0 Å². The third-order valence-corrected chi connectivity index (χ3v) is 11.5.